The number of rotatable bonds is 3. The summed E-state index contributed by atoms with van der Waals surface area (Å²) in [6.45, 7) is 4.34. The zero-order valence-corrected chi connectivity index (χ0v) is 12.6. The molecule has 1 N–H and O–H groups in total. The van der Waals surface area contributed by atoms with Crippen molar-refractivity contribution in [2.45, 2.75) is 25.9 Å². The van der Waals surface area contributed by atoms with Crippen molar-refractivity contribution in [1.29, 1.82) is 0 Å². The zero-order valence-electron chi connectivity index (χ0n) is 12.6. The van der Waals surface area contributed by atoms with Gasteiger partial charge in [0, 0.05) is 43.7 Å². The lowest BCUT2D eigenvalue weighted by molar-refractivity contribution is 0.174. The lowest BCUT2D eigenvalue weighted by Gasteiger charge is -2.39. The second-order valence-electron chi connectivity index (χ2n) is 5.65. The summed E-state index contributed by atoms with van der Waals surface area (Å²) in [6.07, 6.45) is 4.78. The van der Waals surface area contributed by atoms with Gasteiger partial charge in [-0.05, 0) is 24.1 Å². The molecule has 4 rings (SSSR count). The first-order valence-electron chi connectivity index (χ1n) is 7.68. The summed E-state index contributed by atoms with van der Waals surface area (Å²) >= 11 is 0. The molecule has 0 aliphatic carbocycles. The molecule has 1 aromatic carbocycles. The molecule has 5 heteroatoms. The average Bonchev–Trinajstić information content (AvgIpc) is 3.01. The van der Waals surface area contributed by atoms with E-state index in [1.165, 1.54) is 11.3 Å². The highest BCUT2D eigenvalue weighted by atomic mass is 16.7. The van der Waals surface area contributed by atoms with Crippen LogP contribution in [0.25, 0.3) is 0 Å². The fraction of sp³-hybridized carbons (Fsp3) is 0.353. The lowest BCUT2D eigenvalue weighted by atomic mass is 10.0. The van der Waals surface area contributed by atoms with E-state index in [2.05, 4.69) is 40.3 Å². The molecule has 1 aromatic heterocycles. The Bertz CT molecular complexity index is 675. The molecule has 22 heavy (non-hydrogen) atoms. The van der Waals surface area contributed by atoms with E-state index in [1.54, 1.807) is 0 Å². The predicted octanol–water partition coefficient (Wildman–Crippen LogP) is 3.02. The largest absolute Gasteiger partial charge is 0.454 e. The Hall–Kier alpha value is -2.43. The van der Waals surface area contributed by atoms with Gasteiger partial charge in [0.15, 0.2) is 11.5 Å². The van der Waals surface area contributed by atoms with Crippen LogP contribution in [0, 0.1) is 0 Å². The smallest absolute Gasteiger partial charge is 0.231 e. The van der Waals surface area contributed by atoms with Crippen molar-refractivity contribution >= 4 is 11.4 Å². The minimum Gasteiger partial charge on any atom is -0.454 e. The molecule has 0 radical (unpaired) electrons. The molecule has 0 saturated carbocycles. The van der Waals surface area contributed by atoms with Crippen LogP contribution in [0.3, 0.4) is 0 Å². The van der Waals surface area contributed by atoms with Gasteiger partial charge in [-0.25, -0.2) is 0 Å². The van der Waals surface area contributed by atoms with Gasteiger partial charge in [0.05, 0.1) is 11.4 Å². The standard InChI is InChI=1S/C17H19N3O2/c1-2-13-9-19-14-7-16-17(22-11-21-16)8-15(14)20(13)10-12-3-5-18-6-4-12/h3-8,13,19H,2,9-11H2,1H3. The highest BCUT2D eigenvalue weighted by Gasteiger charge is 2.28. The first-order chi connectivity index (χ1) is 10.8. The third kappa shape index (κ3) is 2.22. The zero-order chi connectivity index (χ0) is 14.9. The maximum absolute atomic E-state index is 5.55. The lowest BCUT2D eigenvalue weighted by Crippen LogP contribution is -2.43. The third-order valence-electron chi connectivity index (χ3n) is 4.34. The van der Waals surface area contributed by atoms with E-state index in [9.17, 15) is 0 Å². The molecule has 114 valence electrons. The first kappa shape index (κ1) is 13.2. The fourth-order valence-corrected chi connectivity index (χ4v) is 3.11. The third-order valence-corrected chi connectivity index (χ3v) is 4.34. The Morgan fingerprint density at radius 2 is 2.00 bits per heavy atom. The van der Waals surface area contributed by atoms with E-state index in [1.807, 2.05) is 18.5 Å². The molecule has 3 heterocycles. The van der Waals surface area contributed by atoms with Crippen LogP contribution in [0.15, 0.2) is 36.7 Å². The molecule has 5 nitrogen and oxygen atoms in total. The summed E-state index contributed by atoms with van der Waals surface area (Å²) in [4.78, 5) is 6.55. The maximum atomic E-state index is 5.55. The molecule has 2 aromatic rings. The summed E-state index contributed by atoms with van der Waals surface area (Å²) in [6, 6.07) is 8.74. The van der Waals surface area contributed by atoms with Crippen LogP contribution in [-0.4, -0.2) is 24.4 Å². The molecule has 0 fully saturated rings. The van der Waals surface area contributed by atoms with Crippen molar-refractivity contribution in [1.82, 2.24) is 4.98 Å². The Morgan fingerprint density at radius 3 is 2.77 bits per heavy atom. The number of anilines is 2. The summed E-state index contributed by atoms with van der Waals surface area (Å²) in [5.41, 5.74) is 3.56. The molecule has 2 aliphatic heterocycles. The number of nitrogens with one attached hydrogen (secondary N) is 1. The quantitative estimate of drug-likeness (QED) is 0.943. The number of nitrogens with zero attached hydrogens (tertiary/aromatic N) is 2. The van der Waals surface area contributed by atoms with Gasteiger partial charge in [-0.1, -0.05) is 6.92 Å². The van der Waals surface area contributed by atoms with Crippen LogP contribution < -0.4 is 19.7 Å². The maximum Gasteiger partial charge on any atom is 0.231 e. The minimum absolute atomic E-state index is 0.305. The van der Waals surface area contributed by atoms with Crippen molar-refractivity contribution in [2.75, 3.05) is 23.6 Å². The van der Waals surface area contributed by atoms with E-state index in [0.717, 1.165) is 36.7 Å². The van der Waals surface area contributed by atoms with E-state index in [4.69, 9.17) is 9.47 Å². The molecule has 0 bridgehead atoms. The summed E-state index contributed by atoms with van der Waals surface area (Å²) < 4.78 is 11.0. The van der Waals surface area contributed by atoms with Crippen LogP contribution in [0.5, 0.6) is 11.5 Å². The summed E-state index contributed by atoms with van der Waals surface area (Å²) in [7, 11) is 0. The SMILES string of the molecule is CCC1CNc2cc3c(cc2N1Cc1ccncc1)OCO3. The number of benzene rings is 1. The molecule has 0 saturated heterocycles. The molecule has 1 unspecified atom stereocenters. The molecule has 0 spiro atoms. The van der Waals surface area contributed by atoms with Crippen molar-refractivity contribution in [3.05, 3.63) is 42.2 Å². The average molecular weight is 297 g/mol. The van der Waals surface area contributed by atoms with E-state index in [-0.39, 0.29) is 0 Å². The van der Waals surface area contributed by atoms with Crippen LogP contribution in [0.2, 0.25) is 0 Å². The van der Waals surface area contributed by atoms with Gasteiger partial charge >= 0.3 is 0 Å². The van der Waals surface area contributed by atoms with Gasteiger partial charge in [-0.3, -0.25) is 4.98 Å². The Morgan fingerprint density at radius 1 is 1.23 bits per heavy atom. The molecule has 1 atom stereocenters. The van der Waals surface area contributed by atoms with Gasteiger partial charge < -0.3 is 19.7 Å². The number of pyridine rings is 1. The number of fused-ring (bicyclic) bond motifs is 2. The van der Waals surface area contributed by atoms with Crippen molar-refractivity contribution in [3.63, 3.8) is 0 Å². The Balaban J connectivity index is 1.72. The highest BCUT2D eigenvalue weighted by Crippen LogP contribution is 2.43. The van der Waals surface area contributed by atoms with Crippen LogP contribution in [0.1, 0.15) is 18.9 Å². The number of aromatic nitrogens is 1. The molecular weight excluding hydrogens is 278 g/mol. The van der Waals surface area contributed by atoms with Crippen molar-refractivity contribution in [2.24, 2.45) is 0 Å². The number of ether oxygens (including phenoxy) is 2. The highest BCUT2D eigenvalue weighted by molar-refractivity contribution is 5.77. The monoisotopic (exact) mass is 297 g/mol. The molecule has 0 amide bonds. The second kappa shape index (κ2) is 5.40. The Labute approximate surface area is 129 Å². The van der Waals surface area contributed by atoms with Gasteiger partial charge in [-0.2, -0.15) is 0 Å². The van der Waals surface area contributed by atoms with Crippen LogP contribution >= 0.6 is 0 Å². The van der Waals surface area contributed by atoms with Crippen molar-refractivity contribution < 1.29 is 9.47 Å². The van der Waals surface area contributed by atoms with Gasteiger partial charge in [0.2, 0.25) is 6.79 Å². The van der Waals surface area contributed by atoms with Crippen LogP contribution in [-0.2, 0) is 6.54 Å². The van der Waals surface area contributed by atoms with Crippen LogP contribution in [0.4, 0.5) is 11.4 Å². The molecule has 2 aliphatic rings. The Kier molecular flexibility index (Phi) is 3.25. The fourth-order valence-electron chi connectivity index (χ4n) is 3.11. The van der Waals surface area contributed by atoms with Crippen molar-refractivity contribution in [3.8, 4) is 11.5 Å². The summed E-state index contributed by atoms with van der Waals surface area (Å²) in [5.74, 6) is 1.65. The minimum atomic E-state index is 0.305. The number of hydrogen-bond donors (Lipinski definition) is 1. The van der Waals surface area contributed by atoms with Gasteiger partial charge in [0.25, 0.3) is 0 Å². The summed E-state index contributed by atoms with van der Waals surface area (Å²) in [5, 5.41) is 3.52. The van der Waals surface area contributed by atoms with E-state index >= 15 is 0 Å². The van der Waals surface area contributed by atoms with Gasteiger partial charge in [-0.15, -0.1) is 0 Å². The van der Waals surface area contributed by atoms with E-state index < -0.39 is 0 Å². The normalized spacial score (nSPS) is 18.8. The molecular formula is C17H19N3O2. The second-order valence-corrected chi connectivity index (χ2v) is 5.65. The predicted molar refractivity (Wildman–Crippen MR) is 85.6 cm³/mol. The first-order valence-corrected chi connectivity index (χ1v) is 7.68. The van der Waals surface area contributed by atoms with E-state index in [0.29, 0.717) is 12.8 Å². The topological polar surface area (TPSA) is 46.6 Å². The van der Waals surface area contributed by atoms with Gasteiger partial charge in [0.1, 0.15) is 0 Å². The number of hydrogen-bond acceptors (Lipinski definition) is 5.